The molecule has 0 amide bonds. The smallest absolute Gasteiger partial charge is 0.348 e. The molecule has 0 saturated heterocycles. The molecule has 1 aromatic carbocycles. The van der Waals surface area contributed by atoms with Gasteiger partial charge < -0.3 is 9.94 Å². The lowest BCUT2D eigenvalue weighted by atomic mass is 10.1. The number of rotatable bonds is 2. The largest absolute Gasteiger partial charge is 0.478 e. The Morgan fingerprint density at radius 3 is 2.60 bits per heavy atom. The maximum absolute atomic E-state index is 10.6. The van der Waals surface area contributed by atoms with Crippen molar-refractivity contribution >= 4 is 28.7 Å². The van der Waals surface area contributed by atoms with Crippen molar-refractivity contribution in [3.8, 4) is 0 Å². The SMILES string of the molecule is Br.O=C(O)C1CC(c2ccccc2)=NO1. The van der Waals surface area contributed by atoms with Crippen LogP contribution in [0.25, 0.3) is 0 Å². The van der Waals surface area contributed by atoms with E-state index in [1.54, 1.807) is 0 Å². The first kappa shape index (κ1) is 11.7. The van der Waals surface area contributed by atoms with Crippen LogP contribution in [-0.2, 0) is 9.63 Å². The zero-order valence-electron chi connectivity index (χ0n) is 7.79. The molecule has 2 rings (SSSR count). The van der Waals surface area contributed by atoms with Gasteiger partial charge in [0.15, 0.2) is 0 Å². The van der Waals surface area contributed by atoms with Gasteiger partial charge in [0.1, 0.15) is 0 Å². The Kier molecular flexibility index (Phi) is 3.85. The summed E-state index contributed by atoms with van der Waals surface area (Å²) in [4.78, 5) is 15.3. The minimum atomic E-state index is -0.973. The maximum Gasteiger partial charge on any atom is 0.348 e. The van der Waals surface area contributed by atoms with Crippen LogP contribution in [-0.4, -0.2) is 22.9 Å². The van der Waals surface area contributed by atoms with Gasteiger partial charge in [-0.05, 0) is 5.56 Å². The summed E-state index contributed by atoms with van der Waals surface area (Å²) in [6, 6.07) is 9.42. The number of nitrogens with zero attached hydrogens (tertiary/aromatic N) is 1. The Bertz CT molecular complexity index is 378. The Hall–Kier alpha value is -1.36. The highest BCUT2D eigenvalue weighted by molar-refractivity contribution is 8.93. The second-order valence-corrected chi connectivity index (χ2v) is 3.04. The van der Waals surface area contributed by atoms with Gasteiger partial charge in [-0.15, -0.1) is 17.0 Å². The molecule has 0 radical (unpaired) electrons. The average molecular weight is 272 g/mol. The van der Waals surface area contributed by atoms with Crippen molar-refractivity contribution in [3.05, 3.63) is 35.9 Å². The minimum absolute atomic E-state index is 0. The van der Waals surface area contributed by atoms with E-state index in [0.29, 0.717) is 12.1 Å². The van der Waals surface area contributed by atoms with Gasteiger partial charge in [0.2, 0.25) is 6.10 Å². The summed E-state index contributed by atoms with van der Waals surface area (Å²) >= 11 is 0. The van der Waals surface area contributed by atoms with Crippen molar-refractivity contribution in [2.75, 3.05) is 0 Å². The van der Waals surface area contributed by atoms with Gasteiger partial charge in [-0.25, -0.2) is 4.79 Å². The lowest BCUT2D eigenvalue weighted by Crippen LogP contribution is -2.19. The normalized spacial score (nSPS) is 18.7. The number of aliphatic carboxylic acids is 1. The summed E-state index contributed by atoms with van der Waals surface area (Å²) in [5.74, 6) is -0.973. The monoisotopic (exact) mass is 271 g/mol. The number of carbonyl (C=O) groups is 1. The number of carboxylic acids is 1. The number of carboxylic acid groups (broad SMARTS) is 1. The van der Waals surface area contributed by atoms with Crippen molar-refractivity contribution in [2.24, 2.45) is 5.16 Å². The van der Waals surface area contributed by atoms with Crippen LogP contribution < -0.4 is 0 Å². The molecule has 0 aromatic heterocycles. The fourth-order valence-electron chi connectivity index (χ4n) is 1.31. The maximum atomic E-state index is 10.6. The predicted molar refractivity (Wildman–Crippen MR) is 60.4 cm³/mol. The molecule has 1 heterocycles. The fourth-order valence-corrected chi connectivity index (χ4v) is 1.31. The molecule has 1 aliphatic heterocycles. The molecule has 0 fully saturated rings. The number of hydrogen-bond donors (Lipinski definition) is 1. The van der Waals surface area contributed by atoms with Crippen LogP contribution in [0.5, 0.6) is 0 Å². The van der Waals surface area contributed by atoms with Gasteiger partial charge >= 0.3 is 5.97 Å². The van der Waals surface area contributed by atoms with E-state index in [1.165, 1.54) is 0 Å². The van der Waals surface area contributed by atoms with Gasteiger partial charge in [0.25, 0.3) is 0 Å². The molecular weight excluding hydrogens is 262 g/mol. The quantitative estimate of drug-likeness (QED) is 0.893. The lowest BCUT2D eigenvalue weighted by molar-refractivity contribution is -0.148. The first-order valence-corrected chi connectivity index (χ1v) is 4.28. The third-order valence-electron chi connectivity index (χ3n) is 2.05. The lowest BCUT2D eigenvalue weighted by Gasteiger charge is -1.99. The zero-order valence-corrected chi connectivity index (χ0v) is 9.50. The summed E-state index contributed by atoms with van der Waals surface area (Å²) in [5, 5.41) is 12.4. The molecule has 5 heteroatoms. The van der Waals surface area contributed by atoms with E-state index in [2.05, 4.69) is 5.16 Å². The molecule has 1 unspecified atom stereocenters. The van der Waals surface area contributed by atoms with E-state index in [0.717, 1.165) is 5.56 Å². The molecule has 1 aliphatic rings. The average Bonchev–Trinajstić information content (AvgIpc) is 2.68. The molecule has 0 bridgehead atoms. The summed E-state index contributed by atoms with van der Waals surface area (Å²) in [7, 11) is 0. The van der Waals surface area contributed by atoms with E-state index in [9.17, 15) is 4.79 Å². The van der Waals surface area contributed by atoms with E-state index in [1.807, 2.05) is 30.3 Å². The summed E-state index contributed by atoms with van der Waals surface area (Å²) in [5.41, 5.74) is 1.61. The van der Waals surface area contributed by atoms with Crippen LogP contribution in [0.1, 0.15) is 12.0 Å². The molecule has 1 atom stereocenters. The van der Waals surface area contributed by atoms with Crippen LogP contribution in [0, 0.1) is 0 Å². The highest BCUT2D eigenvalue weighted by Gasteiger charge is 2.27. The minimum Gasteiger partial charge on any atom is -0.478 e. The molecule has 15 heavy (non-hydrogen) atoms. The number of oxime groups is 1. The summed E-state index contributed by atoms with van der Waals surface area (Å²) < 4.78 is 0. The van der Waals surface area contributed by atoms with Crippen molar-refractivity contribution in [1.29, 1.82) is 0 Å². The van der Waals surface area contributed by atoms with Crippen LogP contribution in [0.4, 0.5) is 0 Å². The fraction of sp³-hybridized carbons (Fsp3) is 0.200. The van der Waals surface area contributed by atoms with E-state index >= 15 is 0 Å². The third kappa shape index (κ3) is 2.56. The second-order valence-electron chi connectivity index (χ2n) is 3.04. The molecule has 1 aromatic rings. The van der Waals surface area contributed by atoms with Gasteiger partial charge in [-0.1, -0.05) is 35.5 Å². The predicted octanol–water partition coefficient (Wildman–Crippen LogP) is 1.84. The van der Waals surface area contributed by atoms with E-state index in [-0.39, 0.29) is 17.0 Å². The van der Waals surface area contributed by atoms with Crippen LogP contribution in [0.2, 0.25) is 0 Å². The standard InChI is InChI=1S/C10H9NO3.BrH/c12-10(13)9-6-8(11-14-9)7-4-2-1-3-5-7;/h1-5,9H,6H2,(H,12,13);1H. The number of benzene rings is 1. The van der Waals surface area contributed by atoms with Gasteiger partial charge in [-0.2, -0.15) is 0 Å². The first-order valence-electron chi connectivity index (χ1n) is 4.28. The van der Waals surface area contributed by atoms with Crippen LogP contribution in [0.3, 0.4) is 0 Å². The Morgan fingerprint density at radius 1 is 1.40 bits per heavy atom. The van der Waals surface area contributed by atoms with Gasteiger partial charge in [-0.3, -0.25) is 0 Å². The molecule has 0 aliphatic carbocycles. The Balaban J connectivity index is 0.00000112. The highest BCUT2D eigenvalue weighted by Crippen LogP contribution is 2.16. The first-order chi connectivity index (χ1) is 6.77. The molecule has 0 spiro atoms. The van der Waals surface area contributed by atoms with Gasteiger partial charge in [0, 0.05) is 6.42 Å². The number of hydrogen-bond acceptors (Lipinski definition) is 3. The molecule has 4 nitrogen and oxygen atoms in total. The topological polar surface area (TPSA) is 58.9 Å². The van der Waals surface area contributed by atoms with Gasteiger partial charge in [0.05, 0.1) is 5.71 Å². The van der Waals surface area contributed by atoms with Crippen molar-refractivity contribution in [2.45, 2.75) is 12.5 Å². The van der Waals surface area contributed by atoms with Crippen molar-refractivity contribution < 1.29 is 14.7 Å². The van der Waals surface area contributed by atoms with Crippen molar-refractivity contribution in [1.82, 2.24) is 0 Å². The van der Waals surface area contributed by atoms with Crippen molar-refractivity contribution in [3.63, 3.8) is 0 Å². The Morgan fingerprint density at radius 2 is 2.07 bits per heavy atom. The van der Waals surface area contributed by atoms with E-state index < -0.39 is 12.1 Å². The highest BCUT2D eigenvalue weighted by atomic mass is 79.9. The zero-order chi connectivity index (χ0) is 9.97. The second kappa shape index (κ2) is 4.93. The molecule has 1 N–H and O–H groups in total. The molecule has 0 saturated carbocycles. The Labute approximate surface area is 97.3 Å². The van der Waals surface area contributed by atoms with Crippen LogP contribution in [0.15, 0.2) is 35.5 Å². The van der Waals surface area contributed by atoms with Crippen LogP contribution >= 0.6 is 17.0 Å². The summed E-state index contributed by atoms with van der Waals surface area (Å²) in [6.07, 6.45) is -0.496. The number of halogens is 1. The molecule has 80 valence electrons. The third-order valence-corrected chi connectivity index (χ3v) is 2.05. The summed E-state index contributed by atoms with van der Waals surface area (Å²) in [6.45, 7) is 0. The van der Waals surface area contributed by atoms with E-state index in [4.69, 9.17) is 9.94 Å². The molecular formula is C10H10BrNO3.